The minimum atomic E-state index is -0.394. The topological polar surface area (TPSA) is 55.1 Å². The number of nitrogens with one attached hydrogen (secondary N) is 1. The normalized spacial score (nSPS) is 12.1. The average Bonchev–Trinajstić information content (AvgIpc) is 2.26. The molecular weight excluding hydrogens is 188 g/mol. The van der Waals surface area contributed by atoms with E-state index in [4.69, 9.17) is 5.73 Å². The van der Waals surface area contributed by atoms with Crippen LogP contribution in [0.25, 0.3) is 0 Å². The maximum atomic E-state index is 10.8. The zero-order chi connectivity index (χ0) is 11.3. The summed E-state index contributed by atoms with van der Waals surface area (Å²) in [6.45, 7) is 6.48. The summed E-state index contributed by atoms with van der Waals surface area (Å²) < 4.78 is 0. The van der Waals surface area contributed by atoms with Crippen molar-refractivity contribution >= 4 is 5.91 Å². The van der Waals surface area contributed by atoms with Gasteiger partial charge in [0.2, 0.25) is 5.91 Å². The summed E-state index contributed by atoms with van der Waals surface area (Å²) in [7, 11) is 0. The molecule has 0 aliphatic heterocycles. The van der Waals surface area contributed by atoms with E-state index in [0.717, 1.165) is 12.1 Å². The van der Waals surface area contributed by atoms with Crippen LogP contribution >= 0.6 is 0 Å². The molecule has 1 rings (SSSR count). The van der Waals surface area contributed by atoms with Crippen molar-refractivity contribution in [3.05, 3.63) is 48.0 Å². The van der Waals surface area contributed by atoms with Gasteiger partial charge in [-0.05, 0) is 24.6 Å². The third kappa shape index (κ3) is 3.56. The highest BCUT2D eigenvalue weighted by Gasteiger charge is 2.00. The quantitative estimate of drug-likeness (QED) is 0.713. The third-order valence-corrected chi connectivity index (χ3v) is 2.22. The number of rotatable bonds is 5. The molecule has 3 N–H and O–H groups in total. The van der Waals surface area contributed by atoms with Gasteiger partial charge in [-0.25, -0.2) is 0 Å². The summed E-state index contributed by atoms with van der Waals surface area (Å²) in [5.74, 6) is -0.394. The second-order valence-corrected chi connectivity index (χ2v) is 3.47. The summed E-state index contributed by atoms with van der Waals surface area (Å²) in [6, 6.07) is 7.53. The van der Waals surface area contributed by atoms with E-state index in [-0.39, 0.29) is 6.04 Å². The van der Waals surface area contributed by atoms with Crippen molar-refractivity contribution in [1.82, 2.24) is 5.32 Å². The molecule has 0 bridgehead atoms. The van der Waals surface area contributed by atoms with Gasteiger partial charge < -0.3 is 11.1 Å². The molecule has 0 aliphatic carbocycles. The van der Waals surface area contributed by atoms with Crippen LogP contribution in [0.5, 0.6) is 0 Å². The minimum Gasteiger partial charge on any atom is -0.366 e. The van der Waals surface area contributed by atoms with Gasteiger partial charge in [0, 0.05) is 18.2 Å². The molecule has 0 spiro atoms. The van der Waals surface area contributed by atoms with Crippen molar-refractivity contribution in [2.24, 2.45) is 5.73 Å². The predicted molar refractivity (Wildman–Crippen MR) is 61.5 cm³/mol. The Morgan fingerprint density at radius 2 is 2.13 bits per heavy atom. The lowest BCUT2D eigenvalue weighted by Crippen LogP contribution is -2.22. The molecule has 1 amide bonds. The van der Waals surface area contributed by atoms with Crippen molar-refractivity contribution in [1.29, 1.82) is 0 Å². The number of primary amides is 1. The first kappa shape index (κ1) is 11.5. The Morgan fingerprint density at radius 1 is 1.53 bits per heavy atom. The molecule has 3 heteroatoms. The van der Waals surface area contributed by atoms with E-state index >= 15 is 0 Å². The van der Waals surface area contributed by atoms with Crippen LogP contribution in [0.15, 0.2) is 36.9 Å². The summed E-state index contributed by atoms with van der Waals surface area (Å²) in [5, 5.41) is 3.26. The smallest absolute Gasteiger partial charge is 0.248 e. The van der Waals surface area contributed by atoms with Crippen LogP contribution in [-0.4, -0.2) is 11.9 Å². The van der Waals surface area contributed by atoms with Crippen molar-refractivity contribution < 1.29 is 4.79 Å². The number of nitrogens with two attached hydrogens (primary N) is 1. The fraction of sp³-hybridized carbons (Fsp3) is 0.250. The van der Waals surface area contributed by atoms with Gasteiger partial charge in [-0.2, -0.15) is 0 Å². The maximum Gasteiger partial charge on any atom is 0.248 e. The molecule has 1 aromatic rings. The Labute approximate surface area is 90.0 Å². The SMILES string of the molecule is C=CC(C)NCc1ccc(C(N)=O)cc1. The van der Waals surface area contributed by atoms with Gasteiger partial charge in [0.05, 0.1) is 0 Å². The van der Waals surface area contributed by atoms with E-state index in [9.17, 15) is 4.79 Å². The van der Waals surface area contributed by atoms with E-state index in [1.807, 2.05) is 25.1 Å². The molecule has 3 nitrogen and oxygen atoms in total. The molecule has 0 saturated carbocycles. The first-order valence-electron chi connectivity index (χ1n) is 4.88. The highest BCUT2D eigenvalue weighted by atomic mass is 16.1. The molecular formula is C12H16N2O. The lowest BCUT2D eigenvalue weighted by Gasteiger charge is -2.08. The molecule has 0 saturated heterocycles. The Morgan fingerprint density at radius 3 is 2.60 bits per heavy atom. The predicted octanol–water partition coefficient (Wildman–Crippen LogP) is 1.45. The van der Waals surface area contributed by atoms with Crippen LogP contribution in [0.2, 0.25) is 0 Å². The van der Waals surface area contributed by atoms with Crippen LogP contribution in [0.3, 0.4) is 0 Å². The van der Waals surface area contributed by atoms with Crippen molar-refractivity contribution in [3.63, 3.8) is 0 Å². The first-order chi connectivity index (χ1) is 7.13. The largest absolute Gasteiger partial charge is 0.366 e. The average molecular weight is 204 g/mol. The van der Waals surface area contributed by atoms with Crippen LogP contribution < -0.4 is 11.1 Å². The lowest BCUT2D eigenvalue weighted by molar-refractivity contribution is 0.100. The summed E-state index contributed by atoms with van der Waals surface area (Å²) in [5.41, 5.74) is 6.80. The summed E-state index contributed by atoms with van der Waals surface area (Å²) in [6.07, 6.45) is 1.85. The molecule has 0 aromatic heterocycles. The molecule has 1 unspecified atom stereocenters. The van der Waals surface area contributed by atoms with E-state index in [2.05, 4.69) is 11.9 Å². The van der Waals surface area contributed by atoms with E-state index in [0.29, 0.717) is 5.56 Å². The molecule has 0 fully saturated rings. The van der Waals surface area contributed by atoms with Crippen LogP contribution in [-0.2, 0) is 6.54 Å². The first-order valence-corrected chi connectivity index (χ1v) is 4.88. The number of hydrogen-bond donors (Lipinski definition) is 2. The highest BCUT2D eigenvalue weighted by molar-refractivity contribution is 5.92. The van der Waals surface area contributed by atoms with Gasteiger partial charge in [-0.15, -0.1) is 6.58 Å². The van der Waals surface area contributed by atoms with Gasteiger partial charge in [0.25, 0.3) is 0 Å². The van der Waals surface area contributed by atoms with Crippen molar-refractivity contribution in [3.8, 4) is 0 Å². The zero-order valence-electron chi connectivity index (χ0n) is 8.86. The van der Waals surface area contributed by atoms with E-state index in [1.165, 1.54) is 0 Å². The molecule has 1 atom stereocenters. The number of carbonyl (C=O) groups is 1. The second-order valence-electron chi connectivity index (χ2n) is 3.47. The minimum absolute atomic E-state index is 0.279. The van der Waals surface area contributed by atoms with Gasteiger partial charge in [-0.1, -0.05) is 18.2 Å². The van der Waals surface area contributed by atoms with E-state index < -0.39 is 5.91 Å². The van der Waals surface area contributed by atoms with Crippen LogP contribution in [0.1, 0.15) is 22.8 Å². The van der Waals surface area contributed by atoms with Crippen molar-refractivity contribution in [2.75, 3.05) is 0 Å². The number of hydrogen-bond acceptors (Lipinski definition) is 2. The number of carbonyl (C=O) groups excluding carboxylic acids is 1. The summed E-state index contributed by atoms with van der Waals surface area (Å²) in [4.78, 5) is 10.8. The molecule has 1 aromatic carbocycles. The maximum absolute atomic E-state index is 10.8. The fourth-order valence-electron chi connectivity index (χ4n) is 1.15. The number of amides is 1. The zero-order valence-corrected chi connectivity index (χ0v) is 8.86. The molecule has 0 aliphatic rings. The Hall–Kier alpha value is -1.61. The third-order valence-electron chi connectivity index (χ3n) is 2.22. The molecule has 80 valence electrons. The van der Waals surface area contributed by atoms with Gasteiger partial charge in [0.1, 0.15) is 0 Å². The molecule has 0 radical (unpaired) electrons. The monoisotopic (exact) mass is 204 g/mol. The Balaban J connectivity index is 2.57. The van der Waals surface area contributed by atoms with E-state index in [1.54, 1.807) is 12.1 Å². The molecule has 15 heavy (non-hydrogen) atoms. The lowest BCUT2D eigenvalue weighted by atomic mass is 10.1. The fourth-order valence-corrected chi connectivity index (χ4v) is 1.15. The second kappa shape index (κ2) is 5.32. The van der Waals surface area contributed by atoms with Crippen LogP contribution in [0, 0.1) is 0 Å². The Bertz CT molecular complexity index is 343. The van der Waals surface area contributed by atoms with Gasteiger partial charge in [0.15, 0.2) is 0 Å². The highest BCUT2D eigenvalue weighted by Crippen LogP contribution is 2.03. The summed E-state index contributed by atoms with van der Waals surface area (Å²) >= 11 is 0. The van der Waals surface area contributed by atoms with Gasteiger partial charge >= 0.3 is 0 Å². The van der Waals surface area contributed by atoms with Gasteiger partial charge in [-0.3, -0.25) is 4.79 Å². The standard InChI is InChI=1S/C12H16N2O/c1-3-9(2)14-8-10-4-6-11(7-5-10)12(13)15/h3-7,9,14H,1,8H2,2H3,(H2,13,15). The number of benzene rings is 1. The Kier molecular flexibility index (Phi) is 4.06. The van der Waals surface area contributed by atoms with Crippen LogP contribution in [0.4, 0.5) is 0 Å². The molecule has 0 heterocycles. The van der Waals surface area contributed by atoms with Crippen molar-refractivity contribution in [2.45, 2.75) is 19.5 Å².